The number of hydrogen-bond donors (Lipinski definition) is 6. The molecule has 100 heavy (non-hydrogen) atoms. The third-order valence-corrected chi connectivity index (χ3v) is 19.0. The maximum absolute atomic E-state index is 13.7. The van der Waals surface area contributed by atoms with Gasteiger partial charge < -0.3 is 73.6 Å². The number of carbonyl (C=O) groups is 6. The van der Waals surface area contributed by atoms with Crippen molar-refractivity contribution >= 4 is 51.0 Å². The average Bonchev–Trinajstić information content (AvgIpc) is 0.977. The summed E-state index contributed by atoms with van der Waals surface area (Å²) in [5, 5.41) is 31.4. The van der Waals surface area contributed by atoms with Crippen LogP contribution in [0.25, 0.3) is 0 Å². The van der Waals surface area contributed by atoms with Gasteiger partial charge >= 0.3 is 35.5 Å². The van der Waals surface area contributed by atoms with Gasteiger partial charge in [0.1, 0.15) is 11.9 Å². The number of nitrogens with one attached hydrogen (secondary N) is 4. The van der Waals surface area contributed by atoms with Crippen LogP contribution in [0.1, 0.15) is 330 Å². The number of unbranched alkanes of at least 4 members (excludes halogenated alkanes) is 29. The molecule has 0 fully saturated rings. The van der Waals surface area contributed by atoms with Crippen molar-refractivity contribution < 1.29 is 120 Å². The summed E-state index contributed by atoms with van der Waals surface area (Å²) in [6.45, 7) is 8.03. The van der Waals surface area contributed by atoms with Crippen LogP contribution in [-0.4, -0.2) is 142 Å². The summed E-state index contributed by atoms with van der Waals surface area (Å²) in [5.74, 6) is -2.95. The molecule has 26 heteroatoms. The zero-order chi connectivity index (χ0) is 73.1. The summed E-state index contributed by atoms with van der Waals surface area (Å²) in [4.78, 5) is 103. The Morgan fingerprint density at radius 2 is 0.770 bits per heavy atom. The number of carbonyl (C=O) groups excluding carboxylic acids is 6. The van der Waals surface area contributed by atoms with Crippen LogP contribution in [0.5, 0.6) is 0 Å². The Labute approximate surface area is 626 Å². The number of allylic oxidation sites excluding steroid dienone is 2. The predicted molar refractivity (Wildman–Crippen MR) is 387 cm³/mol. The monoisotopic (exact) mass is 1470 g/mol. The molecule has 0 bridgehead atoms. The number of aliphatic hydroxyl groups excluding tert-OH is 2. The second kappa shape index (κ2) is 71.1. The van der Waals surface area contributed by atoms with Crippen LogP contribution in [0.4, 0.5) is 0 Å². The van der Waals surface area contributed by atoms with E-state index in [1.54, 1.807) is 0 Å². The Kier molecular flexibility index (Phi) is 71.0. The van der Waals surface area contributed by atoms with Crippen LogP contribution >= 0.6 is 15.6 Å². The third-order valence-electron chi connectivity index (χ3n) is 17.0. The minimum atomic E-state index is -5.02. The van der Waals surface area contributed by atoms with E-state index in [0.29, 0.717) is 44.9 Å². The molecule has 582 valence electrons. The maximum atomic E-state index is 13.7. The Morgan fingerprint density at radius 1 is 0.400 bits per heavy atom. The summed E-state index contributed by atoms with van der Waals surface area (Å²) in [6, 6.07) is -1.97. The van der Waals surface area contributed by atoms with Crippen LogP contribution in [-0.2, 0) is 70.2 Å². The summed E-state index contributed by atoms with van der Waals surface area (Å²) in [7, 11) is -10.0. The van der Waals surface area contributed by atoms with Crippen molar-refractivity contribution in [2.24, 2.45) is 0 Å². The summed E-state index contributed by atoms with van der Waals surface area (Å²) in [6.07, 6.45) is 41.4. The van der Waals surface area contributed by atoms with E-state index in [1.807, 2.05) is 0 Å². The van der Waals surface area contributed by atoms with E-state index in [0.717, 1.165) is 128 Å². The van der Waals surface area contributed by atoms with Crippen molar-refractivity contribution in [1.82, 2.24) is 21.3 Å². The molecule has 0 heterocycles. The Morgan fingerprint density at radius 3 is 1.20 bits per heavy atom. The van der Waals surface area contributed by atoms with Crippen molar-refractivity contribution in [3.63, 3.8) is 0 Å². The van der Waals surface area contributed by atoms with E-state index in [1.165, 1.54) is 83.5 Å². The first-order valence-electron chi connectivity index (χ1n) is 39.0. The minimum Gasteiger partial charge on any atom is -0.756 e. The zero-order valence-corrected chi connectivity index (χ0v) is 67.2. The minimum absolute atomic E-state index is 0. The molecule has 0 spiro atoms. The fourth-order valence-corrected chi connectivity index (χ4v) is 12.5. The molecule has 0 aromatic rings. The van der Waals surface area contributed by atoms with Crippen molar-refractivity contribution in [3.05, 3.63) is 12.2 Å². The predicted octanol–water partition coefficient (Wildman–Crippen LogP) is 11.0. The van der Waals surface area contributed by atoms with Gasteiger partial charge in [-0.25, -0.2) is 0 Å². The number of Topliss-reactive ketones (excluding diaryl/α,β-unsaturated/α-hetero) is 1. The van der Waals surface area contributed by atoms with Crippen molar-refractivity contribution in [1.29, 1.82) is 0 Å². The molecule has 4 amide bonds. The molecule has 6 N–H and O–H groups in total. The first-order valence-corrected chi connectivity index (χ1v) is 41.9. The number of ketones is 1. The van der Waals surface area contributed by atoms with E-state index < -0.39 is 96.1 Å². The molecule has 0 saturated heterocycles. The van der Waals surface area contributed by atoms with Crippen LogP contribution in [0.3, 0.4) is 0 Å². The maximum Gasteiger partial charge on any atom is 1.00 e. The molecule has 0 rings (SSSR count). The number of aliphatic hydroxyl groups is 2. The van der Waals surface area contributed by atoms with Gasteiger partial charge in [-0.2, -0.15) is 0 Å². The zero-order valence-electron chi connectivity index (χ0n) is 63.4. The van der Waals surface area contributed by atoms with Gasteiger partial charge in [-0.1, -0.05) is 233 Å². The molecule has 0 aromatic heterocycles. The average molecular weight is 1470 g/mol. The van der Waals surface area contributed by atoms with Crippen LogP contribution in [0.15, 0.2) is 12.2 Å². The molecular weight excluding hydrogens is 1330 g/mol. The third kappa shape index (κ3) is 68.9. The number of amides is 4. The summed E-state index contributed by atoms with van der Waals surface area (Å²) in [5.41, 5.74) is 0. The SMILES string of the molecule is CCCCCC/C=C\CCCC(=O)OC(CCCCCCCCCCC)CC(=O)NC(COCCC(O)CCCCCCC)COP(=O)([O-])OCCNC(=O)CCC(=O)NCCOP(=O)([O-])OCC(COCCC(O)CCCCCCC)NC(=O)CC(=O)CCCCCCCCCCC.[Na+]. The van der Waals surface area contributed by atoms with Gasteiger partial charge in [0.05, 0.1) is 76.8 Å². The van der Waals surface area contributed by atoms with Gasteiger partial charge in [0.2, 0.25) is 23.6 Å². The first kappa shape index (κ1) is 99.9. The number of esters is 1. The van der Waals surface area contributed by atoms with Crippen molar-refractivity contribution in [2.75, 3.05) is 65.9 Å². The molecule has 0 aliphatic heterocycles. The number of phosphoric acid groups is 2. The Hall–Kier alpha value is -2.18. The Bertz CT molecular complexity index is 2120. The number of hydrogen-bond acceptors (Lipinski definition) is 19. The van der Waals surface area contributed by atoms with Crippen molar-refractivity contribution in [2.45, 2.75) is 360 Å². The summed E-state index contributed by atoms with van der Waals surface area (Å²) >= 11 is 0. The topological polar surface area (TPSA) is 336 Å². The second-order valence-electron chi connectivity index (χ2n) is 26.8. The second-order valence-corrected chi connectivity index (χ2v) is 29.6. The molecule has 0 radical (unpaired) electrons. The number of phosphoric ester groups is 2. The van der Waals surface area contributed by atoms with Crippen LogP contribution in [0, 0.1) is 0 Å². The molecule has 23 nitrogen and oxygen atoms in total. The van der Waals surface area contributed by atoms with Gasteiger partial charge in [-0.05, 0) is 70.6 Å². The van der Waals surface area contributed by atoms with E-state index in [-0.39, 0.29) is 119 Å². The Balaban J connectivity index is 0. The van der Waals surface area contributed by atoms with Crippen molar-refractivity contribution in [3.8, 4) is 0 Å². The number of rotatable bonds is 75. The number of ether oxygens (including phenoxy) is 3. The van der Waals surface area contributed by atoms with Gasteiger partial charge in [-0.3, -0.25) is 37.9 Å². The van der Waals surface area contributed by atoms with Gasteiger partial charge in [0.15, 0.2) is 0 Å². The van der Waals surface area contributed by atoms with Crippen LogP contribution in [0.2, 0.25) is 0 Å². The van der Waals surface area contributed by atoms with E-state index in [9.17, 15) is 57.9 Å². The van der Waals surface area contributed by atoms with E-state index in [2.05, 4.69) is 68.0 Å². The molecule has 0 aliphatic rings. The van der Waals surface area contributed by atoms with Gasteiger partial charge in [0.25, 0.3) is 15.6 Å². The van der Waals surface area contributed by atoms with E-state index >= 15 is 0 Å². The fourth-order valence-electron chi connectivity index (χ4n) is 11.0. The molecule has 0 saturated carbocycles. The molecule has 0 aliphatic carbocycles. The smallest absolute Gasteiger partial charge is 0.756 e. The molecule has 7 atom stereocenters. The standard InChI is InChI=1S/C74H142N4O19P2.Na/c1-6-11-16-21-24-27-30-35-40-45-68(81)58-72(84)77-64(60-91-54-50-66(79)43-38-33-19-14-9-4)62-95-98(87,88)93-56-52-75-70(82)48-49-71(83)76-53-57-94-99(89,90)96-63-65(61-92-55-51-67(80)44-39-34-20-15-10-5)78-73(85)59-69(46-41-36-31-28-25-22-17-12-7-2)97-74(86)47-42-37-32-29-26-23-18-13-8-3;/h29,32,64-67,69,79-80H,6-28,30-31,33-63H2,1-5H3,(H,75,82)(H,76,83)(H,77,84)(H,78,85)(H,87,88)(H,89,90);/q;+1/p-2/b32-29-;. The van der Waals surface area contributed by atoms with E-state index in [4.69, 9.17) is 32.3 Å². The quantitative estimate of drug-likeness (QED) is 0.00823. The largest absolute Gasteiger partial charge is 1.00 e. The summed E-state index contributed by atoms with van der Waals surface area (Å²) < 4.78 is 63.5. The normalized spacial score (nSPS) is 14.3. The fraction of sp³-hybridized carbons (Fsp3) is 0.892. The molecular formula is C74H140N4NaO19P2-. The first-order chi connectivity index (χ1) is 47.8. The molecule has 0 aromatic carbocycles. The van der Waals surface area contributed by atoms with Crippen LogP contribution < -0.4 is 60.6 Å². The molecule has 7 unspecified atom stereocenters. The van der Waals surface area contributed by atoms with Gasteiger partial charge in [0, 0.05) is 52.0 Å². The van der Waals surface area contributed by atoms with Gasteiger partial charge in [-0.15, -0.1) is 0 Å².